The van der Waals surface area contributed by atoms with Gasteiger partial charge in [-0.15, -0.1) is 11.3 Å². The van der Waals surface area contributed by atoms with Gasteiger partial charge in [-0.05, 0) is 40.9 Å². The molecule has 5 nitrogen and oxygen atoms in total. The molecule has 0 atom stereocenters. The van der Waals surface area contributed by atoms with Crippen LogP contribution in [0, 0.1) is 11.8 Å². The summed E-state index contributed by atoms with van der Waals surface area (Å²) in [5.41, 5.74) is 2.59. The lowest BCUT2D eigenvalue weighted by Crippen LogP contribution is -2.03. The van der Waals surface area contributed by atoms with E-state index in [0.717, 1.165) is 31.6 Å². The van der Waals surface area contributed by atoms with Gasteiger partial charge in [0.15, 0.2) is 0 Å². The Hall–Kier alpha value is -2.30. The number of thiophene rings is 1. The summed E-state index contributed by atoms with van der Waals surface area (Å²) < 4.78 is 12.6. The molecule has 2 aromatic heterocycles. The normalized spacial score (nSPS) is 13.2. The minimum absolute atomic E-state index is 0.549. The lowest BCUT2D eigenvalue weighted by Gasteiger charge is -2.08. The molecule has 0 spiro atoms. The number of hydrogen-bond acceptors (Lipinski definition) is 6. The van der Waals surface area contributed by atoms with Gasteiger partial charge in [-0.1, -0.05) is 11.8 Å². The van der Waals surface area contributed by atoms with Crippen molar-refractivity contribution in [2.24, 2.45) is 0 Å². The summed E-state index contributed by atoms with van der Waals surface area (Å²) in [6.07, 6.45) is 4.00. The van der Waals surface area contributed by atoms with Crippen molar-refractivity contribution in [2.75, 3.05) is 19.5 Å². The molecule has 0 unspecified atom stereocenters. The van der Waals surface area contributed by atoms with Crippen molar-refractivity contribution in [1.82, 2.24) is 9.97 Å². The summed E-state index contributed by atoms with van der Waals surface area (Å²) in [6.45, 7) is 0. The monoisotopic (exact) mass is 429 g/mol. The average Bonchev–Trinajstić information content (AvgIpc) is 3.38. The lowest BCUT2D eigenvalue weighted by atomic mass is 10.2. The third-order valence-corrected chi connectivity index (χ3v) is 5.82. The number of ether oxygens (including phenoxy) is 2. The van der Waals surface area contributed by atoms with E-state index >= 15 is 0 Å². The Morgan fingerprint density at radius 1 is 1.15 bits per heavy atom. The molecule has 26 heavy (non-hydrogen) atoms. The summed E-state index contributed by atoms with van der Waals surface area (Å²) in [6, 6.07) is 4.30. The number of methoxy groups -OCH3 is 2. The minimum atomic E-state index is 0.549. The smallest absolute Gasteiger partial charge is 0.147 e. The second kappa shape index (κ2) is 7.14. The number of nitrogens with one attached hydrogen (secondary N) is 1. The highest BCUT2D eigenvalue weighted by molar-refractivity contribution is 9.10. The first-order chi connectivity index (χ1) is 12.7. The van der Waals surface area contributed by atoms with Gasteiger partial charge < -0.3 is 14.8 Å². The molecule has 0 radical (unpaired) electrons. The first-order valence-electron chi connectivity index (χ1n) is 8.12. The first-order valence-corrected chi connectivity index (χ1v) is 9.79. The zero-order chi connectivity index (χ0) is 18.1. The predicted octanol–water partition coefficient (Wildman–Crippen LogP) is 4.45. The van der Waals surface area contributed by atoms with Crippen molar-refractivity contribution in [3.05, 3.63) is 39.4 Å². The highest BCUT2D eigenvalue weighted by Gasteiger charge is 2.23. The van der Waals surface area contributed by atoms with E-state index in [1.165, 1.54) is 12.8 Å². The van der Waals surface area contributed by atoms with Crippen LogP contribution in [0.15, 0.2) is 28.3 Å². The number of benzene rings is 1. The Balaban J connectivity index is 1.70. The van der Waals surface area contributed by atoms with Gasteiger partial charge in [0.05, 0.1) is 24.5 Å². The van der Waals surface area contributed by atoms with Crippen molar-refractivity contribution < 1.29 is 9.47 Å². The maximum atomic E-state index is 5.37. The third-order valence-electron chi connectivity index (χ3n) is 4.06. The van der Waals surface area contributed by atoms with Gasteiger partial charge >= 0.3 is 0 Å². The molecule has 1 saturated carbocycles. The summed E-state index contributed by atoms with van der Waals surface area (Å²) in [4.78, 5) is 8.80. The Morgan fingerprint density at radius 2 is 1.88 bits per heavy atom. The van der Waals surface area contributed by atoms with Gasteiger partial charge in [0, 0.05) is 17.0 Å². The number of halogens is 1. The van der Waals surface area contributed by atoms with Gasteiger partial charge in [-0.25, -0.2) is 9.97 Å². The highest BCUT2D eigenvalue weighted by Crippen LogP contribution is 2.36. The predicted molar refractivity (Wildman–Crippen MR) is 107 cm³/mol. The number of anilines is 1. The zero-order valence-electron chi connectivity index (χ0n) is 14.3. The summed E-state index contributed by atoms with van der Waals surface area (Å²) in [7, 11) is 3.24. The number of aromatic nitrogens is 2. The highest BCUT2D eigenvalue weighted by atomic mass is 79.9. The van der Waals surface area contributed by atoms with Crippen molar-refractivity contribution in [2.45, 2.75) is 18.9 Å². The average molecular weight is 430 g/mol. The van der Waals surface area contributed by atoms with E-state index in [9.17, 15) is 0 Å². The standard InChI is InChI=1S/C19H16BrN3O2S/c1-24-14-7-11(8-15(25-2)16(14)20)3-4-12-9-26-18-17(12)21-10-22-19(18)23-13-5-6-13/h7-10,13H,5-6H2,1-2H3,(H,21,22,23). The maximum Gasteiger partial charge on any atom is 0.147 e. The van der Waals surface area contributed by atoms with Crippen LogP contribution in [0.3, 0.4) is 0 Å². The number of fused-ring (bicyclic) bond motifs is 1. The van der Waals surface area contributed by atoms with Crippen LogP contribution in [0.1, 0.15) is 24.0 Å². The van der Waals surface area contributed by atoms with Crippen molar-refractivity contribution >= 4 is 43.3 Å². The molecule has 0 amide bonds. The van der Waals surface area contributed by atoms with Gasteiger partial charge in [0.2, 0.25) is 0 Å². The number of hydrogen-bond donors (Lipinski definition) is 1. The molecule has 1 fully saturated rings. The Morgan fingerprint density at radius 3 is 2.54 bits per heavy atom. The lowest BCUT2D eigenvalue weighted by molar-refractivity contribution is 0.389. The molecule has 132 valence electrons. The molecular formula is C19H16BrN3O2S. The van der Waals surface area contributed by atoms with E-state index in [1.54, 1.807) is 31.9 Å². The third kappa shape index (κ3) is 3.35. The maximum absolute atomic E-state index is 5.37. The molecule has 1 aliphatic carbocycles. The van der Waals surface area contributed by atoms with E-state index in [4.69, 9.17) is 9.47 Å². The van der Waals surface area contributed by atoms with Crippen LogP contribution in [-0.2, 0) is 0 Å². The van der Waals surface area contributed by atoms with Crippen LogP contribution in [0.4, 0.5) is 5.82 Å². The van der Waals surface area contributed by atoms with Gasteiger partial charge in [0.1, 0.15) is 33.6 Å². The molecule has 3 aromatic rings. The summed E-state index contributed by atoms with van der Waals surface area (Å²) >= 11 is 5.09. The van der Waals surface area contributed by atoms with Crippen LogP contribution in [0.2, 0.25) is 0 Å². The van der Waals surface area contributed by atoms with Gasteiger partial charge in [0.25, 0.3) is 0 Å². The van der Waals surface area contributed by atoms with Crippen LogP contribution in [-0.4, -0.2) is 30.2 Å². The molecule has 0 aliphatic heterocycles. The van der Waals surface area contributed by atoms with Crippen LogP contribution in [0.5, 0.6) is 11.5 Å². The molecule has 1 aromatic carbocycles. The quantitative estimate of drug-likeness (QED) is 0.620. The van der Waals surface area contributed by atoms with E-state index in [-0.39, 0.29) is 0 Å². The van der Waals surface area contributed by atoms with Crippen LogP contribution < -0.4 is 14.8 Å². The molecule has 0 saturated heterocycles. The van der Waals surface area contributed by atoms with Crippen LogP contribution in [0.25, 0.3) is 10.2 Å². The van der Waals surface area contributed by atoms with E-state index in [1.807, 2.05) is 17.5 Å². The largest absolute Gasteiger partial charge is 0.495 e. The SMILES string of the molecule is COc1cc(C#Cc2csc3c(NC4CC4)ncnc23)cc(OC)c1Br. The molecule has 0 bridgehead atoms. The summed E-state index contributed by atoms with van der Waals surface area (Å²) in [5, 5.41) is 5.48. The zero-order valence-corrected chi connectivity index (χ0v) is 16.7. The molecule has 7 heteroatoms. The van der Waals surface area contributed by atoms with E-state index < -0.39 is 0 Å². The second-order valence-electron chi connectivity index (χ2n) is 5.91. The molecular weight excluding hydrogens is 414 g/mol. The number of rotatable bonds is 4. The molecule has 2 heterocycles. The Labute approximate surface area is 163 Å². The van der Waals surface area contributed by atoms with Crippen LogP contribution >= 0.6 is 27.3 Å². The number of nitrogens with zero attached hydrogens (tertiary/aromatic N) is 2. The van der Waals surface area contributed by atoms with E-state index in [2.05, 4.69) is 43.1 Å². The second-order valence-corrected chi connectivity index (χ2v) is 7.59. The van der Waals surface area contributed by atoms with Gasteiger partial charge in [-0.2, -0.15) is 0 Å². The topological polar surface area (TPSA) is 56.3 Å². The molecule has 4 rings (SSSR count). The fourth-order valence-corrected chi connectivity index (χ4v) is 4.00. The van der Waals surface area contributed by atoms with E-state index in [0.29, 0.717) is 17.5 Å². The summed E-state index contributed by atoms with van der Waals surface area (Å²) in [5.74, 6) is 8.67. The molecule has 1 N–H and O–H groups in total. The molecule has 1 aliphatic rings. The van der Waals surface area contributed by atoms with Crippen molar-refractivity contribution in [1.29, 1.82) is 0 Å². The Kier molecular flexibility index (Phi) is 4.70. The van der Waals surface area contributed by atoms with Crippen molar-refractivity contribution in [3.63, 3.8) is 0 Å². The Bertz CT molecular complexity index is 1010. The first kappa shape index (κ1) is 17.1. The minimum Gasteiger partial charge on any atom is -0.495 e. The van der Waals surface area contributed by atoms with Crippen molar-refractivity contribution in [3.8, 4) is 23.3 Å². The van der Waals surface area contributed by atoms with Gasteiger partial charge in [-0.3, -0.25) is 0 Å². The fraction of sp³-hybridized carbons (Fsp3) is 0.263. The fourth-order valence-electron chi connectivity index (χ4n) is 2.54.